The van der Waals surface area contributed by atoms with Gasteiger partial charge >= 0.3 is 6.09 Å². The molecule has 1 unspecified atom stereocenters. The lowest BCUT2D eigenvalue weighted by atomic mass is 9.92. The molecule has 1 aliphatic heterocycles. The quantitative estimate of drug-likeness (QED) is 0.225. The van der Waals surface area contributed by atoms with E-state index in [0.717, 1.165) is 52.2 Å². The molecule has 3 aromatic rings. The van der Waals surface area contributed by atoms with Crippen LogP contribution in [0.2, 0.25) is 0 Å². The Kier molecular flexibility index (Phi) is 11.7. The molecule has 7 nitrogen and oxygen atoms in total. The smallest absolute Gasteiger partial charge is 0.411 e. The van der Waals surface area contributed by atoms with Crippen LogP contribution in [-0.2, 0) is 29.2 Å². The first-order chi connectivity index (χ1) is 20.8. The molecule has 0 saturated heterocycles. The van der Waals surface area contributed by atoms with Gasteiger partial charge in [0.2, 0.25) is 5.91 Å². The molecule has 8 heteroatoms. The van der Waals surface area contributed by atoms with Gasteiger partial charge in [-0.15, -0.1) is 0 Å². The molecule has 0 spiro atoms. The van der Waals surface area contributed by atoms with E-state index in [1.807, 2.05) is 72.8 Å². The second kappa shape index (κ2) is 15.6. The van der Waals surface area contributed by atoms with Crippen LogP contribution < -0.4 is 10.1 Å². The molecule has 0 aromatic heterocycles. The molecule has 1 aliphatic rings. The van der Waals surface area contributed by atoms with E-state index in [1.165, 1.54) is 0 Å². The fraction of sp³-hybridized carbons (Fsp3) is 0.371. The van der Waals surface area contributed by atoms with Crippen LogP contribution in [0, 0.1) is 0 Å². The number of nitrogens with one attached hydrogen (secondary N) is 1. The van der Waals surface area contributed by atoms with Gasteiger partial charge < -0.3 is 14.8 Å². The molecule has 3 aromatic carbocycles. The number of carbonyl (C=O) groups is 2. The van der Waals surface area contributed by atoms with Crippen molar-refractivity contribution in [3.8, 4) is 5.75 Å². The number of thiol groups is 1. The van der Waals surface area contributed by atoms with Crippen LogP contribution in [0.5, 0.6) is 5.75 Å². The predicted molar refractivity (Wildman–Crippen MR) is 175 cm³/mol. The summed E-state index contributed by atoms with van der Waals surface area (Å²) in [5.74, 6) is 1.09. The van der Waals surface area contributed by atoms with Gasteiger partial charge in [0.15, 0.2) is 0 Å². The zero-order chi connectivity index (χ0) is 30.8. The van der Waals surface area contributed by atoms with Crippen molar-refractivity contribution in [1.29, 1.82) is 0 Å². The molecule has 0 aliphatic carbocycles. The average molecular weight is 602 g/mol. The lowest BCUT2D eigenvalue weighted by Crippen LogP contribution is -2.48. The van der Waals surface area contributed by atoms with Gasteiger partial charge in [0.25, 0.3) is 0 Å². The van der Waals surface area contributed by atoms with E-state index in [9.17, 15) is 9.59 Å². The third kappa shape index (κ3) is 8.65. The number of nitrogens with zero attached hydrogens (tertiary/aromatic N) is 2. The minimum atomic E-state index is -0.797. The molecule has 43 heavy (non-hydrogen) atoms. The molecule has 0 radical (unpaired) electrons. The number of hydrogen-bond acceptors (Lipinski definition) is 6. The highest BCUT2D eigenvalue weighted by Crippen LogP contribution is 2.33. The van der Waals surface area contributed by atoms with Crippen molar-refractivity contribution in [1.82, 2.24) is 15.1 Å². The first-order valence-corrected chi connectivity index (χ1v) is 15.6. The van der Waals surface area contributed by atoms with Crippen LogP contribution >= 0.6 is 12.6 Å². The number of ether oxygens (including phenoxy) is 2. The van der Waals surface area contributed by atoms with Gasteiger partial charge in [0, 0.05) is 31.4 Å². The Labute approximate surface area is 261 Å². The Bertz CT molecular complexity index is 1380. The maximum absolute atomic E-state index is 13.7. The monoisotopic (exact) mass is 601 g/mol. The molecule has 1 atom stereocenters. The summed E-state index contributed by atoms with van der Waals surface area (Å²) in [5.41, 5.74) is 5.65. The number of likely N-dealkylation sites (N-methyl/N-ethyl adjacent to an activating group) is 1. The molecule has 1 heterocycles. The van der Waals surface area contributed by atoms with E-state index in [2.05, 4.69) is 50.2 Å². The normalized spacial score (nSPS) is 14.4. The topological polar surface area (TPSA) is 71.1 Å². The summed E-state index contributed by atoms with van der Waals surface area (Å²) in [5, 5.41) is 3.08. The highest BCUT2D eigenvalue weighted by Gasteiger charge is 2.37. The van der Waals surface area contributed by atoms with Crippen molar-refractivity contribution < 1.29 is 19.1 Å². The van der Waals surface area contributed by atoms with E-state index in [-0.39, 0.29) is 12.5 Å². The van der Waals surface area contributed by atoms with Crippen LogP contribution in [0.15, 0.2) is 79.4 Å². The van der Waals surface area contributed by atoms with Gasteiger partial charge in [-0.3, -0.25) is 14.6 Å². The number of rotatable bonds is 13. The Hall–Kier alpha value is -3.75. The molecule has 0 fully saturated rings. The largest absolute Gasteiger partial charge is 0.489 e. The number of amides is 2. The van der Waals surface area contributed by atoms with Gasteiger partial charge in [-0.1, -0.05) is 74.2 Å². The van der Waals surface area contributed by atoms with Gasteiger partial charge in [-0.05, 0) is 72.3 Å². The summed E-state index contributed by atoms with van der Waals surface area (Å²) in [6, 6.07) is 23.1. The molecule has 2 amide bonds. The number of fused-ring (bicyclic) bond motifs is 1. The summed E-state index contributed by atoms with van der Waals surface area (Å²) in [7, 11) is 0. The van der Waals surface area contributed by atoms with Crippen LogP contribution in [0.4, 0.5) is 4.79 Å². The van der Waals surface area contributed by atoms with Crippen LogP contribution in [0.1, 0.15) is 54.6 Å². The lowest BCUT2D eigenvalue weighted by Gasteiger charge is -2.36. The Balaban J connectivity index is 1.49. The molecular weight excluding hydrogens is 558 g/mol. The second-order valence-electron chi connectivity index (χ2n) is 11.0. The van der Waals surface area contributed by atoms with Gasteiger partial charge in [-0.25, -0.2) is 4.79 Å². The maximum Gasteiger partial charge on any atom is 0.411 e. The van der Waals surface area contributed by atoms with Crippen molar-refractivity contribution in [2.45, 2.75) is 52.5 Å². The summed E-state index contributed by atoms with van der Waals surface area (Å²) >= 11 is 4.28. The number of hydrogen-bond donors (Lipinski definition) is 2. The van der Waals surface area contributed by atoms with E-state index >= 15 is 0 Å². The standard InChI is InChI=1S/C35H43N3O4S/c1-5-37(25(2)3)20-18-36-34(39)33-32-16-15-31(41-22-27-9-7-6-8-10-27)21-30(32)17-19-38(33)35(40)42-23-28-11-13-29(14-12-28)26(4)24-43/h6-16,21,25,33,43H,4-5,17-20,22-24H2,1-3H3,(H,36,39). The zero-order valence-corrected chi connectivity index (χ0v) is 26.3. The maximum atomic E-state index is 13.7. The SMILES string of the molecule is C=C(CS)c1ccc(COC(=O)N2CCc3cc(OCc4ccccc4)ccc3C2C(=O)NCCN(CC)C(C)C)cc1. The molecular formula is C35H43N3O4S. The molecule has 0 bridgehead atoms. The lowest BCUT2D eigenvalue weighted by molar-refractivity contribution is -0.126. The Morgan fingerprint density at radius 3 is 2.44 bits per heavy atom. The van der Waals surface area contributed by atoms with E-state index in [1.54, 1.807) is 4.90 Å². The predicted octanol–water partition coefficient (Wildman–Crippen LogP) is 6.29. The average Bonchev–Trinajstić information content (AvgIpc) is 3.04. The van der Waals surface area contributed by atoms with Crippen molar-refractivity contribution in [2.75, 3.05) is 31.9 Å². The van der Waals surface area contributed by atoms with E-state index in [0.29, 0.717) is 37.9 Å². The summed E-state index contributed by atoms with van der Waals surface area (Å²) in [6.07, 6.45) is 0.0743. The van der Waals surface area contributed by atoms with Crippen molar-refractivity contribution in [3.05, 3.63) is 107 Å². The summed E-state index contributed by atoms with van der Waals surface area (Å²) < 4.78 is 11.8. The Morgan fingerprint density at radius 1 is 1.05 bits per heavy atom. The van der Waals surface area contributed by atoms with Crippen molar-refractivity contribution in [3.63, 3.8) is 0 Å². The number of benzene rings is 3. The first kappa shape index (κ1) is 32.2. The van der Waals surface area contributed by atoms with E-state index in [4.69, 9.17) is 9.47 Å². The summed E-state index contributed by atoms with van der Waals surface area (Å²) in [4.78, 5) is 30.9. The molecule has 4 rings (SSSR count). The molecule has 228 valence electrons. The fourth-order valence-electron chi connectivity index (χ4n) is 5.27. The fourth-order valence-corrected chi connectivity index (χ4v) is 5.45. The van der Waals surface area contributed by atoms with Gasteiger partial charge in [0.05, 0.1) is 0 Å². The minimum Gasteiger partial charge on any atom is -0.489 e. The van der Waals surface area contributed by atoms with Crippen molar-refractivity contribution in [2.24, 2.45) is 0 Å². The van der Waals surface area contributed by atoms with Crippen LogP contribution in [0.3, 0.4) is 0 Å². The van der Waals surface area contributed by atoms with Gasteiger partial charge in [-0.2, -0.15) is 12.6 Å². The van der Waals surface area contributed by atoms with Crippen molar-refractivity contribution >= 4 is 30.2 Å². The third-order valence-corrected chi connectivity index (χ3v) is 8.21. The highest BCUT2D eigenvalue weighted by atomic mass is 32.1. The minimum absolute atomic E-state index is 0.107. The number of carbonyl (C=O) groups excluding carboxylic acids is 2. The first-order valence-electron chi connectivity index (χ1n) is 14.9. The Morgan fingerprint density at radius 2 is 1.77 bits per heavy atom. The van der Waals surface area contributed by atoms with Gasteiger partial charge in [0.1, 0.15) is 25.0 Å². The van der Waals surface area contributed by atoms with Crippen LogP contribution in [0.25, 0.3) is 5.57 Å². The third-order valence-electron chi connectivity index (χ3n) is 7.82. The molecule has 0 saturated carbocycles. The second-order valence-corrected chi connectivity index (χ2v) is 11.3. The van der Waals surface area contributed by atoms with Crippen LogP contribution in [-0.4, -0.2) is 59.8 Å². The summed E-state index contributed by atoms with van der Waals surface area (Å²) in [6.45, 7) is 13.4. The van der Waals surface area contributed by atoms with E-state index < -0.39 is 12.1 Å². The molecule has 1 N–H and O–H groups in total. The highest BCUT2D eigenvalue weighted by molar-refractivity contribution is 7.80. The zero-order valence-electron chi connectivity index (χ0n) is 25.4.